The van der Waals surface area contributed by atoms with Crippen LogP contribution >= 0.6 is 0 Å². The highest BCUT2D eigenvalue weighted by Gasteiger charge is 2.09. The lowest BCUT2D eigenvalue weighted by Crippen LogP contribution is -2.39. The van der Waals surface area contributed by atoms with Crippen molar-refractivity contribution in [1.29, 1.82) is 0 Å². The van der Waals surface area contributed by atoms with Crippen molar-refractivity contribution in [3.05, 3.63) is 10.1 Å². The highest BCUT2D eigenvalue weighted by Crippen LogP contribution is 1.92. The second kappa shape index (κ2) is 8.68. The summed E-state index contributed by atoms with van der Waals surface area (Å²) in [5.41, 5.74) is 5.54. The van der Waals surface area contributed by atoms with Crippen molar-refractivity contribution in [2.45, 2.75) is 18.9 Å². The molecule has 16 heavy (non-hydrogen) atoms. The molecule has 0 aliphatic rings. The van der Waals surface area contributed by atoms with Crippen LogP contribution < -0.4 is 16.4 Å². The van der Waals surface area contributed by atoms with Crippen LogP contribution in [0, 0.1) is 10.1 Å². The summed E-state index contributed by atoms with van der Waals surface area (Å²) >= 11 is 0. The molecule has 1 atom stereocenters. The van der Waals surface area contributed by atoms with Gasteiger partial charge in [-0.2, -0.15) is 0 Å². The monoisotopic (exact) mass is 232 g/mol. The van der Waals surface area contributed by atoms with E-state index in [1.807, 2.05) is 0 Å². The summed E-state index contributed by atoms with van der Waals surface area (Å²) in [5.74, 6) is -0.201. The summed E-state index contributed by atoms with van der Waals surface area (Å²) in [5, 5.41) is 20.1. The lowest BCUT2D eigenvalue weighted by Gasteiger charge is -2.08. The van der Waals surface area contributed by atoms with Crippen LogP contribution in [-0.2, 0) is 4.79 Å². The van der Waals surface area contributed by atoms with E-state index in [4.69, 9.17) is 5.73 Å². The van der Waals surface area contributed by atoms with Gasteiger partial charge in [-0.15, -0.1) is 0 Å². The van der Waals surface area contributed by atoms with Crippen LogP contribution in [0.15, 0.2) is 10.3 Å². The number of carbonyl (C=O) groups is 1. The van der Waals surface area contributed by atoms with E-state index in [0.717, 1.165) is 0 Å². The van der Waals surface area contributed by atoms with Crippen LogP contribution in [0.1, 0.15) is 12.8 Å². The van der Waals surface area contributed by atoms with Gasteiger partial charge in [-0.05, 0) is 19.4 Å². The average molecular weight is 232 g/mol. The maximum atomic E-state index is 11.0. The number of amides is 1. The van der Waals surface area contributed by atoms with Crippen molar-refractivity contribution in [1.82, 2.24) is 10.6 Å². The molecule has 9 heteroatoms. The Labute approximate surface area is 92.6 Å². The van der Waals surface area contributed by atoms with Crippen molar-refractivity contribution in [3.8, 4) is 0 Å². The van der Waals surface area contributed by atoms with Gasteiger partial charge in [0, 0.05) is 7.05 Å². The van der Waals surface area contributed by atoms with E-state index in [0.29, 0.717) is 19.4 Å². The fourth-order valence-electron chi connectivity index (χ4n) is 0.976. The Bertz CT molecular complexity index is 257. The predicted octanol–water partition coefficient (Wildman–Crippen LogP) is -0.969. The molecule has 4 N–H and O–H groups in total. The maximum absolute atomic E-state index is 11.0. The van der Waals surface area contributed by atoms with Crippen LogP contribution in [-0.4, -0.2) is 37.2 Å². The van der Waals surface area contributed by atoms with E-state index in [-0.39, 0.29) is 12.6 Å². The topological polar surface area (TPSA) is 135 Å². The summed E-state index contributed by atoms with van der Waals surface area (Å²) in [7, 11) is 1.53. The standard InChI is InChI=1S/C7H16N6O3/c1-9-7(14)6(8)3-2-4-10-5-11-12-13(15)16/h6,10H,2-5,8H2,1H3,(H,9,14)/t6-/m0/s1. The number of nitro groups is 1. The second-order valence-electron chi connectivity index (χ2n) is 2.99. The normalized spacial score (nSPS) is 12.6. The summed E-state index contributed by atoms with van der Waals surface area (Å²) < 4.78 is 0. The van der Waals surface area contributed by atoms with E-state index < -0.39 is 11.1 Å². The summed E-state index contributed by atoms with van der Waals surface area (Å²) in [6, 6.07) is -0.521. The smallest absolute Gasteiger partial charge is 0.236 e. The highest BCUT2D eigenvalue weighted by molar-refractivity contribution is 5.81. The fourth-order valence-corrected chi connectivity index (χ4v) is 0.976. The Morgan fingerprint density at radius 1 is 1.62 bits per heavy atom. The minimum atomic E-state index is -0.872. The van der Waals surface area contributed by atoms with Crippen molar-refractivity contribution < 1.29 is 9.83 Å². The van der Waals surface area contributed by atoms with Crippen LogP contribution in [0.2, 0.25) is 0 Å². The van der Waals surface area contributed by atoms with Gasteiger partial charge >= 0.3 is 0 Å². The molecule has 0 fully saturated rings. The van der Waals surface area contributed by atoms with Crippen LogP contribution in [0.25, 0.3) is 0 Å². The number of carbonyl (C=O) groups excluding carboxylic acids is 1. The van der Waals surface area contributed by atoms with Crippen LogP contribution in [0.3, 0.4) is 0 Å². The molecule has 0 aliphatic carbocycles. The third kappa shape index (κ3) is 7.76. The molecule has 92 valence electrons. The number of rotatable bonds is 8. The van der Waals surface area contributed by atoms with Crippen molar-refractivity contribution in [3.63, 3.8) is 0 Å². The SMILES string of the molecule is CNC(=O)[C@@H](N)CCCNCN=N[N+](=O)[O-]. The molecule has 1 amide bonds. The van der Waals surface area contributed by atoms with Gasteiger partial charge in [-0.1, -0.05) is 0 Å². The molecular weight excluding hydrogens is 216 g/mol. The largest absolute Gasteiger partial charge is 0.358 e. The third-order valence-corrected chi connectivity index (χ3v) is 1.77. The Morgan fingerprint density at radius 2 is 2.31 bits per heavy atom. The lowest BCUT2D eigenvalue weighted by atomic mass is 10.1. The highest BCUT2D eigenvalue weighted by atomic mass is 16.7. The molecule has 0 aliphatic heterocycles. The van der Waals surface area contributed by atoms with Gasteiger partial charge in [0.05, 0.1) is 16.2 Å². The molecule has 0 unspecified atom stereocenters. The van der Waals surface area contributed by atoms with E-state index in [9.17, 15) is 14.9 Å². The van der Waals surface area contributed by atoms with Gasteiger partial charge in [-0.3, -0.25) is 10.1 Å². The maximum Gasteiger partial charge on any atom is 0.236 e. The summed E-state index contributed by atoms with van der Waals surface area (Å²) in [6.45, 7) is 0.650. The van der Waals surface area contributed by atoms with Crippen LogP contribution in [0.4, 0.5) is 0 Å². The first-order chi connectivity index (χ1) is 7.57. The van der Waals surface area contributed by atoms with Gasteiger partial charge in [0.2, 0.25) is 12.6 Å². The number of nitrogens with zero attached hydrogens (tertiary/aromatic N) is 3. The van der Waals surface area contributed by atoms with Crippen LogP contribution in [0.5, 0.6) is 0 Å². The first-order valence-corrected chi connectivity index (χ1v) is 4.77. The number of likely N-dealkylation sites (N-methyl/N-ethyl adjacent to an activating group) is 1. The molecule has 0 saturated heterocycles. The second-order valence-corrected chi connectivity index (χ2v) is 2.99. The molecule has 0 rings (SSSR count). The molecule has 0 radical (unpaired) electrons. The summed E-state index contributed by atoms with van der Waals surface area (Å²) in [4.78, 5) is 20.7. The predicted molar refractivity (Wildman–Crippen MR) is 56.0 cm³/mol. The van der Waals surface area contributed by atoms with Gasteiger partial charge < -0.3 is 21.2 Å². The number of nitrogens with two attached hydrogens (primary N) is 1. The molecule has 0 saturated carbocycles. The van der Waals surface area contributed by atoms with Gasteiger partial charge in [0.25, 0.3) is 0 Å². The van der Waals surface area contributed by atoms with E-state index >= 15 is 0 Å². The lowest BCUT2D eigenvalue weighted by molar-refractivity contribution is -0.494. The zero-order valence-corrected chi connectivity index (χ0v) is 9.05. The first-order valence-electron chi connectivity index (χ1n) is 4.77. The minimum Gasteiger partial charge on any atom is -0.358 e. The summed E-state index contributed by atoms with van der Waals surface area (Å²) in [6.07, 6.45) is 1.22. The van der Waals surface area contributed by atoms with E-state index in [1.165, 1.54) is 7.05 Å². The third-order valence-electron chi connectivity index (χ3n) is 1.77. The van der Waals surface area contributed by atoms with Gasteiger partial charge in [0.15, 0.2) is 5.22 Å². The van der Waals surface area contributed by atoms with Gasteiger partial charge in [-0.25, -0.2) is 0 Å². The zero-order chi connectivity index (χ0) is 12.4. The average Bonchev–Trinajstić information content (AvgIpc) is 2.25. The Morgan fingerprint density at radius 3 is 2.88 bits per heavy atom. The van der Waals surface area contributed by atoms with Crippen molar-refractivity contribution in [2.24, 2.45) is 16.1 Å². The Kier molecular flexibility index (Phi) is 7.81. The zero-order valence-electron chi connectivity index (χ0n) is 9.05. The molecule has 9 nitrogen and oxygen atoms in total. The molecule has 0 aromatic carbocycles. The van der Waals surface area contributed by atoms with E-state index in [1.54, 1.807) is 0 Å². The number of hydrogen-bond donors (Lipinski definition) is 3. The molecule has 0 bridgehead atoms. The Hall–Kier alpha value is -1.61. The first kappa shape index (κ1) is 14.4. The fraction of sp³-hybridized carbons (Fsp3) is 0.857. The van der Waals surface area contributed by atoms with Gasteiger partial charge in [0.1, 0.15) is 0 Å². The molecule has 0 spiro atoms. The van der Waals surface area contributed by atoms with Crippen molar-refractivity contribution in [2.75, 3.05) is 20.3 Å². The van der Waals surface area contributed by atoms with E-state index in [2.05, 4.69) is 21.0 Å². The molecule has 0 aromatic rings. The Balaban J connectivity index is 3.40. The molecule has 0 heterocycles. The quantitative estimate of drug-likeness (QED) is 0.214. The molecular formula is C7H16N6O3. The number of hydrogen-bond acceptors (Lipinski definition) is 6. The minimum absolute atomic E-state index is 0.0796. The number of nitrogens with one attached hydrogen (secondary N) is 2. The molecule has 0 aromatic heterocycles. The van der Waals surface area contributed by atoms with Crippen molar-refractivity contribution >= 4 is 5.91 Å².